The molecule has 2 amide bonds. The van der Waals surface area contributed by atoms with Crippen LogP contribution in [0.5, 0.6) is 0 Å². The van der Waals surface area contributed by atoms with Crippen molar-refractivity contribution >= 4 is 17.8 Å². The van der Waals surface area contributed by atoms with E-state index in [1.165, 1.54) is 12.3 Å². The van der Waals surface area contributed by atoms with Crippen LogP contribution in [0.1, 0.15) is 25.3 Å². The van der Waals surface area contributed by atoms with E-state index in [1.54, 1.807) is 40.7 Å². The summed E-state index contributed by atoms with van der Waals surface area (Å²) >= 11 is 0. The number of amides is 2. The van der Waals surface area contributed by atoms with E-state index in [9.17, 15) is 27.6 Å². The van der Waals surface area contributed by atoms with Crippen molar-refractivity contribution in [2.75, 3.05) is 13.1 Å². The molecular formula is C17H20F3N3O4. The molecule has 1 aliphatic rings. The highest BCUT2D eigenvalue weighted by Gasteiger charge is 2.47. The Kier molecular flexibility index (Phi) is 6.42. The van der Waals surface area contributed by atoms with Crippen molar-refractivity contribution < 1.29 is 32.3 Å². The van der Waals surface area contributed by atoms with E-state index in [-0.39, 0.29) is 6.42 Å². The smallest absolute Gasteiger partial charge is 0.418 e. The summed E-state index contributed by atoms with van der Waals surface area (Å²) in [5, 5.41) is 0. The minimum Gasteiger partial charge on any atom is -0.418 e. The maximum atomic E-state index is 12.5. The van der Waals surface area contributed by atoms with Gasteiger partial charge in [-0.3, -0.25) is 19.9 Å². The Bertz CT molecular complexity index is 690. The minimum absolute atomic E-state index is 0.0316. The first-order chi connectivity index (χ1) is 12.6. The predicted molar refractivity (Wildman–Crippen MR) is 88.2 cm³/mol. The third kappa shape index (κ3) is 5.19. The van der Waals surface area contributed by atoms with Gasteiger partial charge in [-0.1, -0.05) is 30.3 Å². The molecule has 1 aromatic rings. The second kappa shape index (κ2) is 8.38. The first-order valence-corrected chi connectivity index (χ1v) is 8.31. The van der Waals surface area contributed by atoms with Gasteiger partial charge in [0.25, 0.3) is 0 Å². The third-order valence-corrected chi connectivity index (χ3v) is 4.25. The van der Waals surface area contributed by atoms with Crippen LogP contribution in [0.4, 0.5) is 18.0 Å². The van der Waals surface area contributed by atoms with Gasteiger partial charge >= 0.3 is 18.2 Å². The third-order valence-electron chi connectivity index (χ3n) is 4.25. The molecule has 1 fully saturated rings. The van der Waals surface area contributed by atoms with Gasteiger partial charge in [0.05, 0.1) is 0 Å². The van der Waals surface area contributed by atoms with Crippen LogP contribution >= 0.6 is 0 Å². The Morgan fingerprint density at radius 3 is 2.19 bits per heavy atom. The van der Waals surface area contributed by atoms with E-state index < -0.39 is 29.7 Å². The summed E-state index contributed by atoms with van der Waals surface area (Å²) < 4.78 is 42.0. The molecule has 0 spiro atoms. The van der Waals surface area contributed by atoms with Gasteiger partial charge in [0.2, 0.25) is 5.72 Å². The van der Waals surface area contributed by atoms with E-state index in [1.807, 2.05) is 0 Å². The number of carbonyl (C=O) groups is 3. The molecule has 0 aromatic heterocycles. The number of hydrazine groups is 1. The second-order valence-corrected chi connectivity index (χ2v) is 6.16. The maximum absolute atomic E-state index is 12.5. The van der Waals surface area contributed by atoms with Crippen molar-refractivity contribution in [2.45, 2.75) is 38.1 Å². The molecule has 0 bridgehead atoms. The van der Waals surface area contributed by atoms with Gasteiger partial charge in [0.1, 0.15) is 0 Å². The molecule has 2 N–H and O–H groups in total. The van der Waals surface area contributed by atoms with Gasteiger partial charge in [-0.25, -0.2) is 10.2 Å². The van der Waals surface area contributed by atoms with Crippen molar-refractivity contribution in [1.82, 2.24) is 15.8 Å². The number of carbonyl (C=O) groups excluding carboxylic acids is 3. The van der Waals surface area contributed by atoms with Crippen LogP contribution < -0.4 is 10.9 Å². The van der Waals surface area contributed by atoms with E-state index in [4.69, 9.17) is 4.74 Å². The molecule has 0 radical (unpaired) electrons. The first kappa shape index (κ1) is 20.7. The van der Waals surface area contributed by atoms with E-state index in [0.717, 1.165) is 12.8 Å². The van der Waals surface area contributed by atoms with Crippen LogP contribution in [0.3, 0.4) is 0 Å². The normalized spacial score (nSPS) is 17.0. The van der Waals surface area contributed by atoms with Crippen LogP contribution in [0.25, 0.3) is 0 Å². The summed E-state index contributed by atoms with van der Waals surface area (Å²) in [6.07, 6.45) is -4.90. The number of likely N-dealkylation sites (tertiary alicyclic amines) is 1. The van der Waals surface area contributed by atoms with Crippen molar-refractivity contribution in [3.8, 4) is 0 Å². The van der Waals surface area contributed by atoms with Crippen LogP contribution in [-0.2, 0) is 20.7 Å². The zero-order chi connectivity index (χ0) is 20.1. The fourth-order valence-electron chi connectivity index (χ4n) is 2.94. The standard InChI is InChI=1S/C17H20F3N3O4/c1-12(24)16(23-9-5-6-10-23,11-13-7-3-2-4-8-13)27-15(26)22-21-14(25)17(18,19)20/h2-4,7-8H,5-6,9-11H2,1H3,(H,21,25)(H,22,26). The largest absolute Gasteiger partial charge is 0.472 e. The number of hydrogen-bond acceptors (Lipinski definition) is 5. The van der Waals surface area contributed by atoms with E-state index >= 15 is 0 Å². The molecular weight excluding hydrogens is 367 g/mol. The zero-order valence-corrected chi connectivity index (χ0v) is 14.6. The number of alkyl halides is 3. The number of halogens is 3. The van der Waals surface area contributed by atoms with Crippen molar-refractivity contribution in [3.63, 3.8) is 0 Å². The number of rotatable bonds is 5. The number of hydrogen-bond donors (Lipinski definition) is 2. The Morgan fingerprint density at radius 2 is 1.67 bits per heavy atom. The van der Waals surface area contributed by atoms with Crippen molar-refractivity contribution in [1.29, 1.82) is 0 Å². The molecule has 27 heavy (non-hydrogen) atoms. The molecule has 148 valence electrons. The van der Waals surface area contributed by atoms with E-state index in [2.05, 4.69) is 0 Å². The van der Waals surface area contributed by atoms with Crippen LogP contribution in [0, 0.1) is 0 Å². The highest BCUT2D eigenvalue weighted by atomic mass is 19.4. The maximum Gasteiger partial charge on any atom is 0.472 e. The molecule has 0 saturated carbocycles. The molecule has 1 aromatic carbocycles. The summed E-state index contributed by atoms with van der Waals surface area (Å²) in [5.41, 5.74) is 1.81. The summed E-state index contributed by atoms with van der Waals surface area (Å²) in [4.78, 5) is 37.0. The number of benzene rings is 1. The molecule has 0 aliphatic carbocycles. The lowest BCUT2D eigenvalue weighted by Crippen LogP contribution is -2.60. The van der Waals surface area contributed by atoms with Gasteiger partial charge in [-0.2, -0.15) is 13.2 Å². The quantitative estimate of drug-likeness (QED) is 0.754. The second-order valence-electron chi connectivity index (χ2n) is 6.16. The highest BCUT2D eigenvalue weighted by Crippen LogP contribution is 2.28. The highest BCUT2D eigenvalue weighted by molar-refractivity contribution is 5.88. The Balaban J connectivity index is 2.19. The van der Waals surface area contributed by atoms with E-state index in [0.29, 0.717) is 18.7 Å². The molecule has 2 rings (SSSR count). The molecule has 1 aliphatic heterocycles. The summed E-state index contributed by atoms with van der Waals surface area (Å²) in [5.74, 6) is -2.82. The molecule has 1 heterocycles. The minimum atomic E-state index is -5.16. The summed E-state index contributed by atoms with van der Waals surface area (Å²) in [6, 6.07) is 8.80. The lowest BCUT2D eigenvalue weighted by atomic mass is 9.97. The van der Waals surface area contributed by atoms with Gasteiger partial charge in [0, 0.05) is 26.4 Å². The molecule has 10 heteroatoms. The number of nitrogens with zero attached hydrogens (tertiary/aromatic N) is 1. The number of Topliss-reactive ketones (excluding diaryl/α,β-unsaturated/α-hetero) is 1. The first-order valence-electron chi connectivity index (χ1n) is 8.31. The number of ketones is 1. The van der Waals surface area contributed by atoms with Crippen LogP contribution in [0.15, 0.2) is 30.3 Å². The van der Waals surface area contributed by atoms with Gasteiger partial charge in [-0.15, -0.1) is 0 Å². The Hall–Kier alpha value is -2.62. The summed E-state index contributed by atoms with van der Waals surface area (Å²) in [7, 11) is 0. The Morgan fingerprint density at radius 1 is 1.07 bits per heavy atom. The zero-order valence-electron chi connectivity index (χ0n) is 14.6. The molecule has 7 nitrogen and oxygen atoms in total. The van der Waals surface area contributed by atoms with Gasteiger partial charge in [0.15, 0.2) is 5.78 Å². The predicted octanol–water partition coefficient (Wildman–Crippen LogP) is 1.93. The average Bonchev–Trinajstić information content (AvgIpc) is 3.14. The lowest BCUT2D eigenvalue weighted by Gasteiger charge is -2.38. The average molecular weight is 387 g/mol. The van der Waals surface area contributed by atoms with Crippen molar-refractivity contribution in [2.24, 2.45) is 0 Å². The molecule has 1 atom stereocenters. The SMILES string of the molecule is CC(=O)C(Cc1ccccc1)(OC(=O)NNC(=O)C(F)(F)F)N1CCCC1. The van der Waals surface area contributed by atoms with Crippen molar-refractivity contribution in [3.05, 3.63) is 35.9 Å². The van der Waals surface area contributed by atoms with Crippen LogP contribution in [0.2, 0.25) is 0 Å². The topological polar surface area (TPSA) is 87.7 Å². The van der Waals surface area contributed by atoms with Crippen LogP contribution in [-0.4, -0.2) is 47.7 Å². The fraction of sp³-hybridized carbons (Fsp3) is 0.471. The van der Waals surface area contributed by atoms with Gasteiger partial charge in [-0.05, 0) is 18.4 Å². The lowest BCUT2D eigenvalue weighted by molar-refractivity contribution is -0.175. The molecule has 1 saturated heterocycles. The monoisotopic (exact) mass is 387 g/mol. The number of nitrogens with one attached hydrogen (secondary N) is 2. The van der Waals surface area contributed by atoms with Gasteiger partial charge < -0.3 is 4.74 Å². The fourth-order valence-corrected chi connectivity index (χ4v) is 2.94. The molecule has 1 unspecified atom stereocenters. The number of ether oxygens (including phenoxy) is 1. The Labute approximate surface area is 153 Å². The summed E-state index contributed by atoms with van der Waals surface area (Å²) in [6.45, 7) is 2.24.